The molecule has 0 bridgehead atoms. The molecule has 2 rings (SSSR count). The van der Waals surface area contributed by atoms with Gasteiger partial charge < -0.3 is 15.2 Å². The van der Waals surface area contributed by atoms with E-state index in [2.05, 4.69) is 10.4 Å². The van der Waals surface area contributed by atoms with E-state index in [1.165, 1.54) is 5.01 Å². The largest absolute Gasteiger partial charge is 0.480 e. The Morgan fingerprint density at radius 3 is 2.71 bits per heavy atom. The molecule has 0 aliphatic carbocycles. The monoisotopic (exact) mass is 333 g/mol. The van der Waals surface area contributed by atoms with Crippen molar-refractivity contribution < 1.29 is 24.2 Å². The highest BCUT2D eigenvalue weighted by Gasteiger charge is 2.24. The van der Waals surface area contributed by atoms with Gasteiger partial charge >= 0.3 is 5.97 Å². The molecular weight excluding hydrogens is 314 g/mol. The van der Waals surface area contributed by atoms with Gasteiger partial charge in [0.1, 0.15) is 12.3 Å². The number of carbonyl (C=O) groups excluding carboxylic acids is 2. The fourth-order valence-corrected chi connectivity index (χ4v) is 2.14. The Labute approximate surface area is 139 Å². The van der Waals surface area contributed by atoms with Gasteiger partial charge in [-0.25, -0.2) is 9.80 Å². The van der Waals surface area contributed by atoms with E-state index in [-0.39, 0.29) is 43.5 Å². The number of rotatable bonds is 8. The van der Waals surface area contributed by atoms with Gasteiger partial charge in [-0.05, 0) is 5.56 Å². The van der Waals surface area contributed by atoms with Crippen molar-refractivity contribution in [3.63, 3.8) is 0 Å². The maximum absolute atomic E-state index is 12.0. The smallest absolute Gasteiger partial charge is 0.329 e. The number of nitrogens with one attached hydrogen (secondary N) is 1. The van der Waals surface area contributed by atoms with Crippen molar-refractivity contribution in [1.29, 1.82) is 0 Å². The number of nitrogens with zero attached hydrogens (tertiary/aromatic N) is 2. The van der Waals surface area contributed by atoms with Crippen LogP contribution in [-0.4, -0.2) is 53.4 Å². The minimum atomic E-state index is -1.06. The Bertz CT molecular complexity index is 630. The van der Waals surface area contributed by atoms with E-state index >= 15 is 0 Å². The van der Waals surface area contributed by atoms with Crippen LogP contribution in [0.2, 0.25) is 0 Å². The predicted octanol–water partition coefficient (Wildman–Crippen LogP) is 0.382. The van der Waals surface area contributed by atoms with Gasteiger partial charge in [0.05, 0.1) is 13.2 Å². The van der Waals surface area contributed by atoms with Crippen molar-refractivity contribution in [2.75, 3.05) is 19.8 Å². The Hall–Kier alpha value is -2.74. The van der Waals surface area contributed by atoms with E-state index < -0.39 is 12.6 Å². The standard InChI is InChI=1S/C16H19N3O5/c20-14-7-6-13(16(23)17-8-9-24-11-15(21)22)18-19(14)10-12-4-2-1-3-5-12/h1-5H,6-11H2,(H,17,23)(H,21,22). The first-order chi connectivity index (χ1) is 11.6. The van der Waals surface area contributed by atoms with Gasteiger partial charge in [-0.15, -0.1) is 0 Å². The maximum atomic E-state index is 12.0. The maximum Gasteiger partial charge on any atom is 0.329 e. The fraction of sp³-hybridized carbons (Fsp3) is 0.375. The third-order valence-electron chi connectivity index (χ3n) is 3.30. The average molecular weight is 333 g/mol. The lowest BCUT2D eigenvalue weighted by atomic mass is 10.1. The zero-order chi connectivity index (χ0) is 17.4. The molecule has 1 aromatic rings. The SMILES string of the molecule is O=C(O)COCCNC(=O)C1=NN(Cc2ccccc2)C(=O)CC1. The number of carbonyl (C=O) groups is 3. The number of benzene rings is 1. The Morgan fingerprint density at radius 1 is 1.25 bits per heavy atom. The molecule has 0 saturated heterocycles. The van der Waals surface area contributed by atoms with Crippen LogP contribution in [0.25, 0.3) is 0 Å². The van der Waals surface area contributed by atoms with E-state index in [1.54, 1.807) is 0 Å². The summed E-state index contributed by atoms with van der Waals surface area (Å²) in [5.41, 5.74) is 1.21. The lowest BCUT2D eigenvalue weighted by Crippen LogP contribution is -2.39. The molecule has 8 nitrogen and oxygen atoms in total. The summed E-state index contributed by atoms with van der Waals surface area (Å²) < 4.78 is 4.83. The molecule has 2 N–H and O–H groups in total. The molecule has 0 radical (unpaired) electrons. The minimum absolute atomic E-state index is 0.0952. The van der Waals surface area contributed by atoms with Crippen LogP contribution in [0, 0.1) is 0 Å². The lowest BCUT2D eigenvalue weighted by molar-refractivity contribution is -0.142. The van der Waals surface area contributed by atoms with Crippen LogP contribution in [0.4, 0.5) is 0 Å². The molecule has 24 heavy (non-hydrogen) atoms. The molecule has 0 spiro atoms. The molecule has 1 heterocycles. The molecule has 8 heteroatoms. The third kappa shape index (κ3) is 5.47. The van der Waals surface area contributed by atoms with Gasteiger partial charge in [-0.2, -0.15) is 5.10 Å². The van der Waals surface area contributed by atoms with Crippen molar-refractivity contribution in [2.45, 2.75) is 19.4 Å². The molecule has 1 aromatic carbocycles. The number of hydrogen-bond acceptors (Lipinski definition) is 5. The van der Waals surface area contributed by atoms with Crippen molar-refractivity contribution in [2.24, 2.45) is 5.10 Å². The van der Waals surface area contributed by atoms with Gasteiger partial charge in [-0.1, -0.05) is 30.3 Å². The molecule has 0 aromatic heterocycles. The normalized spacial score (nSPS) is 14.2. The van der Waals surface area contributed by atoms with Gasteiger partial charge in [-0.3, -0.25) is 9.59 Å². The number of carboxylic acids is 1. The van der Waals surface area contributed by atoms with Crippen LogP contribution >= 0.6 is 0 Å². The summed E-state index contributed by atoms with van der Waals surface area (Å²) in [4.78, 5) is 34.3. The average Bonchev–Trinajstić information content (AvgIpc) is 2.57. The summed E-state index contributed by atoms with van der Waals surface area (Å²) in [6.45, 7) is 0.185. The van der Waals surface area contributed by atoms with Crippen LogP contribution in [0.3, 0.4) is 0 Å². The Morgan fingerprint density at radius 2 is 2.00 bits per heavy atom. The van der Waals surface area contributed by atoms with Crippen LogP contribution in [0.5, 0.6) is 0 Å². The second-order valence-electron chi connectivity index (χ2n) is 5.19. The highest BCUT2D eigenvalue weighted by Crippen LogP contribution is 2.13. The van der Waals surface area contributed by atoms with E-state index in [9.17, 15) is 14.4 Å². The molecule has 0 unspecified atom stereocenters. The molecule has 1 aliphatic heterocycles. The van der Waals surface area contributed by atoms with E-state index in [4.69, 9.17) is 9.84 Å². The van der Waals surface area contributed by atoms with Gasteiger partial charge in [0.25, 0.3) is 5.91 Å². The zero-order valence-corrected chi connectivity index (χ0v) is 13.1. The molecular formula is C16H19N3O5. The van der Waals surface area contributed by atoms with E-state index in [1.807, 2.05) is 30.3 Å². The summed E-state index contributed by atoms with van der Waals surface area (Å²) >= 11 is 0. The molecule has 1 aliphatic rings. The minimum Gasteiger partial charge on any atom is -0.480 e. The summed E-state index contributed by atoms with van der Waals surface area (Å²) in [5.74, 6) is -1.56. The topological polar surface area (TPSA) is 108 Å². The summed E-state index contributed by atoms with van der Waals surface area (Å²) in [7, 11) is 0. The number of carboxylic acid groups (broad SMARTS) is 1. The zero-order valence-electron chi connectivity index (χ0n) is 13.1. The predicted molar refractivity (Wildman–Crippen MR) is 85.1 cm³/mol. The molecule has 0 atom stereocenters. The van der Waals surface area contributed by atoms with Crippen molar-refractivity contribution in [3.05, 3.63) is 35.9 Å². The number of ether oxygens (including phenoxy) is 1. The van der Waals surface area contributed by atoms with Crippen LogP contribution in [0.1, 0.15) is 18.4 Å². The summed E-state index contributed by atoms with van der Waals surface area (Å²) in [6.07, 6.45) is 0.514. The third-order valence-corrected chi connectivity index (χ3v) is 3.30. The highest BCUT2D eigenvalue weighted by molar-refractivity contribution is 6.39. The summed E-state index contributed by atoms with van der Waals surface area (Å²) in [5, 5.41) is 16.5. The van der Waals surface area contributed by atoms with E-state index in [0.29, 0.717) is 6.54 Å². The number of aliphatic carboxylic acids is 1. The van der Waals surface area contributed by atoms with Crippen LogP contribution in [-0.2, 0) is 25.7 Å². The Kier molecular flexibility index (Phi) is 6.44. The first kappa shape index (κ1) is 17.6. The lowest BCUT2D eigenvalue weighted by Gasteiger charge is -2.23. The van der Waals surface area contributed by atoms with E-state index in [0.717, 1.165) is 5.56 Å². The van der Waals surface area contributed by atoms with Crippen LogP contribution in [0.15, 0.2) is 35.4 Å². The number of hydrazone groups is 1. The first-order valence-corrected chi connectivity index (χ1v) is 7.56. The fourth-order valence-electron chi connectivity index (χ4n) is 2.14. The number of amides is 2. The first-order valence-electron chi connectivity index (χ1n) is 7.56. The highest BCUT2D eigenvalue weighted by atomic mass is 16.5. The van der Waals surface area contributed by atoms with Crippen LogP contribution < -0.4 is 5.32 Å². The van der Waals surface area contributed by atoms with Crippen molar-refractivity contribution >= 4 is 23.5 Å². The molecule has 0 saturated carbocycles. The van der Waals surface area contributed by atoms with Crippen molar-refractivity contribution in [3.8, 4) is 0 Å². The Balaban J connectivity index is 1.87. The molecule has 0 fully saturated rings. The quantitative estimate of drug-likeness (QED) is 0.669. The van der Waals surface area contributed by atoms with Gasteiger partial charge in [0.2, 0.25) is 5.91 Å². The second-order valence-corrected chi connectivity index (χ2v) is 5.19. The van der Waals surface area contributed by atoms with Gasteiger partial charge in [0.15, 0.2) is 0 Å². The van der Waals surface area contributed by atoms with Crippen molar-refractivity contribution in [1.82, 2.24) is 10.3 Å². The molecule has 2 amide bonds. The summed E-state index contributed by atoms with van der Waals surface area (Å²) in [6, 6.07) is 9.40. The number of hydrogen-bond donors (Lipinski definition) is 2. The molecule has 128 valence electrons. The van der Waals surface area contributed by atoms with Gasteiger partial charge in [0, 0.05) is 19.4 Å². The second kappa shape index (κ2) is 8.78.